The van der Waals surface area contributed by atoms with Gasteiger partial charge < -0.3 is 10.2 Å². The third kappa shape index (κ3) is 4.82. The number of rotatable bonds is 4. The quantitative estimate of drug-likeness (QED) is 0.893. The fraction of sp³-hybridized carbons (Fsp3) is 0.467. The highest BCUT2D eigenvalue weighted by Crippen LogP contribution is 2.15. The Bertz CT molecular complexity index is 639. The van der Waals surface area contributed by atoms with Gasteiger partial charge in [-0.3, -0.25) is 13.8 Å². The number of nitrogens with one attached hydrogen (secondary N) is 1. The van der Waals surface area contributed by atoms with Crippen LogP contribution in [0.2, 0.25) is 0 Å². The van der Waals surface area contributed by atoms with Crippen LogP contribution < -0.4 is 5.32 Å². The molecule has 1 saturated heterocycles. The van der Waals surface area contributed by atoms with Crippen LogP contribution in [-0.2, 0) is 20.4 Å². The molecule has 0 saturated carbocycles. The number of amides is 2. The van der Waals surface area contributed by atoms with E-state index < -0.39 is 22.4 Å². The number of likely N-dealkylation sites (tertiary alicyclic amines) is 1. The summed E-state index contributed by atoms with van der Waals surface area (Å²) < 4.78 is 38.2. The molecule has 2 atom stereocenters. The molecule has 0 aromatic heterocycles. The van der Waals surface area contributed by atoms with Crippen LogP contribution in [0.3, 0.4) is 0 Å². The van der Waals surface area contributed by atoms with Crippen LogP contribution in [-0.4, -0.2) is 45.8 Å². The van der Waals surface area contributed by atoms with Crippen molar-refractivity contribution in [2.24, 2.45) is 0 Å². The number of hydrogen-bond donors (Lipinski definition) is 1. The van der Waals surface area contributed by atoms with Gasteiger partial charge in [0.2, 0.25) is 11.8 Å². The van der Waals surface area contributed by atoms with Gasteiger partial charge in [-0.25, -0.2) is 8.78 Å². The summed E-state index contributed by atoms with van der Waals surface area (Å²) in [5.41, 5.74) is 0. The van der Waals surface area contributed by atoms with Crippen molar-refractivity contribution in [2.75, 3.05) is 18.8 Å². The molecule has 1 heterocycles. The molecule has 1 fully saturated rings. The first-order valence-electron chi connectivity index (χ1n) is 7.25. The minimum Gasteiger partial charge on any atom is -0.352 e. The largest absolute Gasteiger partial charge is 0.352 e. The van der Waals surface area contributed by atoms with Gasteiger partial charge in [-0.2, -0.15) is 0 Å². The molecule has 1 aliphatic heterocycles. The van der Waals surface area contributed by atoms with E-state index in [9.17, 15) is 22.6 Å². The van der Waals surface area contributed by atoms with Gasteiger partial charge in [-0.05, 0) is 31.0 Å². The smallest absolute Gasteiger partial charge is 0.235 e. The lowest BCUT2D eigenvalue weighted by Crippen LogP contribution is -2.50. The molecular formula is C15H18F2N2O3S. The lowest BCUT2D eigenvalue weighted by molar-refractivity contribution is -0.130. The van der Waals surface area contributed by atoms with Crippen LogP contribution in [0, 0.1) is 11.6 Å². The fourth-order valence-corrected chi connectivity index (χ4v) is 3.54. The van der Waals surface area contributed by atoms with E-state index in [2.05, 4.69) is 5.32 Å². The Hall–Kier alpha value is -1.83. The molecule has 0 spiro atoms. The molecule has 8 heteroatoms. The van der Waals surface area contributed by atoms with Crippen molar-refractivity contribution in [1.29, 1.82) is 0 Å². The SMILES string of the molecule is CC(=O)N[C@H]1CCCN(C(=O)C[S@](=O)c2ccc(F)c(F)c2)C1. The van der Waals surface area contributed by atoms with Crippen molar-refractivity contribution in [1.82, 2.24) is 10.2 Å². The van der Waals surface area contributed by atoms with E-state index in [-0.39, 0.29) is 28.5 Å². The van der Waals surface area contributed by atoms with Gasteiger partial charge in [0, 0.05) is 31.0 Å². The van der Waals surface area contributed by atoms with E-state index in [1.807, 2.05) is 0 Å². The fourth-order valence-electron chi connectivity index (χ4n) is 2.51. The van der Waals surface area contributed by atoms with Crippen molar-refractivity contribution < 1.29 is 22.6 Å². The van der Waals surface area contributed by atoms with Crippen molar-refractivity contribution in [3.05, 3.63) is 29.8 Å². The Morgan fingerprint density at radius 1 is 1.35 bits per heavy atom. The maximum atomic E-state index is 13.2. The highest BCUT2D eigenvalue weighted by molar-refractivity contribution is 7.85. The average Bonchev–Trinajstić information content (AvgIpc) is 2.49. The summed E-state index contributed by atoms with van der Waals surface area (Å²) in [6, 6.07) is 2.83. The van der Waals surface area contributed by atoms with Gasteiger partial charge in [-0.1, -0.05) is 0 Å². The number of halogens is 2. The number of hydrogen-bond acceptors (Lipinski definition) is 3. The highest BCUT2D eigenvalue weighted by atomic mass is 32.2. The summed E-state index contributed by atoms with van der Waals surface area (Å²) in [4.78, 5) is 24.9. The van der Waals surface area contributed by atoms with E-state index in [1.54, 1.807) is 4.90 Å². The van der Waals surface area contributed by atoms with Crippen LogP contribution in [0.25, 0.3) is 0 Å². The lowest BCUT2D eigenvalue weighted by atomic mass is 10.1. The van der Waals surface area contributed by atoms with Gasteiger partial charge in [0.25, 0.3) is 0 Å². The van der Waals surface area contributed by atoms with Crippen LogP contribution in [0.1, 0.15) is 19.8 Å². The third-order valence-electron chi connectivity index (χ3n) is 3.59. The Morgan fingerprint density at radius 3 is 2.74 bits per heavy atom. The molecule has 2 amide bonds. The third-order valence-corrected chi connectivity index (χ3v) is 4.88. The molecule has 23 heavy (non-hydrogen) atoms. The summed E-state index contributed by atoms with van der Waals surface area (Å²) in [6.07, 6.45) is 1.53. The van der Waals surface area contributed by atoms with Crippen LogP contribution in [0.15, 0.2) is 23.1 Å². The summed E-state index contributed by atoms with van der Waals surface area (Å²) in [5.74, 6) is -2.89. The molecule has 126 valence electrons. The van der Waals surface area contributed by atoms with Crippen molar-refractivity contribution in [3.63, 3.8) is 0 Å². The lowest BCUT2D eigenvalue weighted by Gasteiger charge is -2.33. The van der Waals surface area contributed by atoms with Crippen LogP contribution >= 0.6 is 0 Å². The van der Waals surface area contributed by atoms with Crippen molar-refractivity contribution in [3.8, 4) is 0 Å². The Labute approximate surface area is 135 Å². The Kier molecular flexibility index (Phi) is 5.81. The number of benzene rings is 1. The van der Waals surface area contributed by atoms with Gasteiger partial charge in [0.05, 0.1) is 10.8 Å². The van der Waals surface area contributed by atoms with E-state index in [4.69, 9.17) is 0 Å². The van der Waals surface area contributed by atoms with Crippen LogP contribution in [0.4, 0.5) is 8.78 Å². The predicted octanol–water partition coefficient (Wildman–Crippen LogP) is 1.20. The van der Waals surface area contributed by atoms with Gasteiger partial charge in [0.15, 0.2) is 11.6 Å². The molecule has 1 aromatic carbocycles. The Morgan fingerprint density at radius 2 is 2.09 bits per heavy atom. The van der Waals surface area contributed by atoms with Gasteiger partial charge in [0.1, 0.15) is 5.75 Å². The van der Waals surface area contributed by atoms with Crippen LogP contribution in [0.5, 0.6) is 0 Å². The van der Waals surface area contributed by atoms with Gasteiger partial charge >= 0.3 is 0 Å². The first-order chi connectivity index (χ1) is 10.9. The topological polar surface area (TPSA) is 66.5 Å². The normalized spacial score (nSPS) is 19.3. The molecule has 1 aliphatic rings. The first kappa shape index (κ1) is 17.5. The summed E-state index contributed by atoms with van der Waals surface area (Å²) in [6.45, 7) is 2.32. The van der Waals surface area contributed by atoms with E-state index in [0.717, 1.165) is 25.0 Å². The second kappa shape index (κ2) is 7.63. The number of carbonyl (C=O) groups is 2. The van der Waals surface area contributed by atoms with Gasteiger partial charge in [-0.15, -0.1) is 0 Å². The van der Waals surface area contributed by atoms with E-state index >= 15 is 0 Å². The number of nitrogens with zero attached hydrogens (tertiary/aromatic N) is 1. The second-order valence-corrected chi connectivity index (χ2v) is 6.90. The maximum Gasteiger partial charge on any atom is 0.235 e. The van der Waals surface area contributed by atoms with Crippen molar-refractivity contribution >= 4 is 22.6 Å². The highest BCUT2D eigenvalue weighted by Gasteiger charge is 2.25. The zero-order valence-corrected chi connectivity index (χ0v) is 13.5. The zero-order chi connectivity index (χ0) is 17.0. The molecule has 0 radical (unpaired) electrons. The molecule has 0 bridgehead atoms. The number of piperidine rings is 1. The summed E-state index contributed by atoms with van der Waals surface area (Å²) >= 11 is 0. The molecular weight excluding hydrogens is 326 g/mol. The van der Waals surface area contributed by atoms with E-state index in [0.29, 0.717) is 13.1 Å². The standard InChI is InChI=1S/C15H18F2N2O3S/c1-10(20)18-11-3-2-6-19(8-11)15(21)9-23(22)12-4-5-13(16)14(17)7-12/h4-5,7,11H,2-3,6,8-9H2,1H3,(H,18,20)/t11-,23-/m0/s1. The minimum atomic E-state index is -1.74. The Balaban J connectivity index is 1.96. The first-order valence-corrected chi connectivity index (χ1v) is 8.57. The maximum absolute atomic E-state index is 13.2. The molecule has 1 N–H and O–H groups in total. The molecule has 0 aliphatic carbocycles. The minimum absolute atomic E-state index is 0.0765. The molecule has 0 unspecified atom stereocenters. The second-order valence-electron chi connectivity index (χ2n) is 5.45. The molecule has 1 aromatic rings. The van der Waals surface area contributed by atoms with E-state index in [1.165, 1.54) is 13.0 Å². The molecule has 2 rings (SSSR count). The molecule has 5 nitrogen and oxygen atoms in total. The summed E-state index contributed by atoms with van der Waals surface area (Å²) in [5, 5.41) is 2.77. The monoisotopic (exact) mass is 344 g/mol. The summed E-state index contributed by atoms with van der Waals surface area (Å²) in [7, 11) is -1.74. The zero-order valence-electron chi connectivity index (χ0n) is 12.7. The average molecular weight is 344 g/mol. The predicted molar refractivity (Wildman–Crippen MR) is 81.1 cm³/mol. The van der Waals surface area contributed by atoms with Crippen molar-refractivity contribution in [2.45, 2.75) is 30.7 Å². The number of carbonyl (C=O) groups excluding carboxylic acids is 2.